The summed E-state index contributed by atoms with van der Waals surface area (Å²) in [6.07, 6.45) is 18.9. The van der Waals surface area contributed by atoms with E-state index in [0.29, 0.717) is 25.7 Å². The molecule has 44 heavy (non-hydrogen) atoms. The molecular weight excluding hydrogens is 560 g/mol. The largest absolute Gasteiger partial charge is 0.462 e. The first-order chi connectivity index (χ1) is 21.2. The summed E-state index contributed by atoms with van der Waals surface area (Å²) < 4.78 is 10.5. The first-order valence-corrected chi connectivity index (χ1v) is 17.7. The van der Waals surface area contributed by atoms with E-state index in [9.17, 15) is 29.7 Å². The Bertz CT molecular complexity index is 797. The topological polar surface area (TPSA) is 130 Å². The van der Waals surface area contributed by atoms with Crippen molar-refractivity contribution in [3.8, 4) is 0 Å². The first kappa shape index (κ1) is 40.3. The number of aliphatic hydroxyl groups is 3. The van der Waals surface area contributed by atoms with Crippen molar-refractivity contribution in [2.24, 2.45) is 17.8 Å². The summed E-state index contributed by atoms with van der Waals surface area (Å²) in [6.45, 7) is 6.11. The zero-order chi connectivity index (χ0) is 32.6. The molecule has 0 aromatic heterocycles. The molecule has 256 valence electrons. The van der Waals surface area contributed by atoms with Crippen LogP contribution in [0.4, 0.5) is 0 Å². The first-order valence-electron chi connectivity index (χ1n) is 17.7. The fourth-order valence-electron chi connectivity index (χ4n) is 5.84. The molecule has 8 heteroatoms. The van der Waals surface area contributed by atoms with Crippen LogP contribution in [0.5, 0.6) is 0 Å². The van der Waals surface area contributed by atoms with Gasteiger partial charge in [0.2, 0.25) is 0 Å². The molecule has 0 bridgehead atoms. The highest BCUT2D eigenvalue weighted by atomic mass is 16.6. The van der Waals surface area contributed by atoms with Crippen molar-refractivity contribution in [2.45, 2.75) is 167 Å². The van der Waals surface area contributed by atoms with E-state index in [2.05, 4.69) is 20.8 Å². The second-order valence-electron chi connectivity index (χ2n) is 13.0. The number of ether oxygens (including phenoxy) is 2. The lowest BCUT2D eigenvalue weighted by Gasteiger charge is -2.18. The van der Waals surface area contributed by atoms with Gasteiger partial charge in [-0.1, -0.05) is 116 Å². The maximum Gasteiger partial charge on any atom is 0.306 e. The summed E-state index contributed by atoms with van der Waals surface area (Å²) in [5.74, 6) is -0.346. The number of rotatable bonds is 27. The molecule has 0 aliphatic heterocycles. The Morgan fingerprint density at radius 1 is 0.886 bits per heavy atom. The fraction of sp³-hybridized carbons (Fsp3) is 0.861. The van der Waals surface area contributed by atoms with E-state index in [0.717, 1.165) is 63.7 Å². The van der Waals surface area contributed by atoms with E-state index in [1.54, 1.807) is 6.08 Å². The minimum atomic E-state index is -0.842. The van der Waals surface area contributed by atoms with Crippen LogP contribution in [-0.4, -0.2) is 64.6 Å². The maximum absolute atomic E-state index is 12.4. The second kappa shape index (κ2) is 25.4. The third-order valence-electron chi connectivity index (χ3n) is 8.99. The predicted molar refractivity (Wildman–Crippen MR) is 174 cm³/mol. The van der Waals surface area contributed by atoms with Gasteiger partial charge in [0, 0.05) is 31.1 Å². The molecule has 1 aliphatic rings. The van der Waals surface area contributed by atoms with Gasteiger partial charge in [0.1, 0.15) is 12.4 Å². The molecule has 1 fully saturated rings. The molecule has 6 atom stereocenters. The number of hydrogen-bond acceptors (Lipinski definition) is 8. The molecule has 1 rings (SSSR count). The van der Waals surface area contributed by atoms with Gasteiger partial charge in [0.25, 0.3) is 0 Å². The van der Waals surface area contributed by atoms with Crippen molar-refractivity contribution in [3.63, 3.8) is 0 Å². The molecule has 1 unspecified atom stereocenters. The third-order valence-corrected chi connectivity index (χ3v) is 8.99. The van der Waals surface area contributed by atoms with Crippen LogP contribution in [0.1, 0.15) is 149 Å². The second-order valence-corrected chi connectivity index (χ2v) is 13.0. The standard InChI is InChI=1S/C36H64O8/c1-4-6-13-19-29(38)23-24-32-31(33(39)25-34(32)40)20-15-11-12-16-21-35(41)43-27-30(26-37)44-36(42)22-17-10-8-7-9-14-18-28(3)5-2/h23-24,28-32,34,37-38,40H,4-22,25-27H2,1-3H3/b24-23+/t28?,29-,30-,31+,32+,34+/m0/s1. The molecule has 8 nitrogen and oxygen atoms in total. The smallest absolute Gasteiger partial charge is 0.306 e. The third kappa shape index (κ3) is 18.9. The Hall–Kier alpha value is -1.77. The van der Waals surface area contributed by atoms with Crippen molar-refractivity contribution < 1.29 is 39.2 Å². The van der Waals surface area contributed by atoms with Crippen LogP contribution in [0.2, 0.25) is 0 Å². The van der Waals surface area contributed by atoms with Crippen molar-refractivity contribution in [3.05, 3.63) is 12.2 Å². The normalized spacial score (nSPS) is 20.6. The highest BCUT2D eigenvalue weighted by molar-refractivity contribution is 5.84. The minimum Gasteiger partial charge on any atom is -0.462 e. The average Bonchev–Trinajstić information content (AvgIpc) is 3.28. The van der Waals surface area contributed by atoms with E-state index in [1.807, 2.05) is 6.08 Å². The molecule has 0 aromatic carbocycles. The summed E-state index contributed by atoms with van der Waals surface area (Å²) in [7, 11) is 0. The number of esters is 2. The van der Waals surface area contributed by atoms with Crippen LogP contribution >= 0.6 is 0 Å². The maximum atomic E-state index is 12.4. The van der Waals surface area contributed by atoms with Crippen LogP contribution in [0.25, 0.3) is 0 Å². The molecule has 0 spiro atoms. The van der Waals surface area contributed by atoms with E-state index in [1.165, 1.54) is 32.1 Å². The summed E-state index contributed by atoms with van der Waals surface area (Å²) >= 11 is 0. The quantitative estimate of drug-likeness (QED) is 0.0506. The lowest BCUT2D eigenvalue weighted by Crippen LogP contribution is -2.28. The molecule has 3 N–H and O–H groups in total. The zero-order valence-corrected chi connectivity index (χ0v) is 28.1. The summed E-state index contributed by atoms with van der Waals surface area (Å²) in [4.78, 5) is 36.7. The van der Waals surface area contributed by atoms with E-state index < -0.39 is 24.9 Å². The highest BCUT2D eigenvalue weighted by Gasteiger charge is 2.39. The van der Waals surface area contributed by atoms with Gasteiger partial charge in [-0.05, 0) is 31.6 Å². The Balaban J connectivity index is 2.16. The van der Waals surface area contributed by atoms with E-state index in [4.69, 9.17) is 9.47 Å². The molecule has 0 amide bonds. The predicted octanol–water partition coefficient (Wildman–Crippen LogP) is 7.00. The molecule has 1 saturated carbocycles. The van der Waals surface area contributed by atoms with Gasteiger partial charge in [-0.25, -0.2) is 0 Å². The van der Waals surface area contributed by atoms with Crippen LogP contribution in [0.15, 0.2) is 12.2 Å². The Morgan fingerprint density at radius 3 is 2.16 bits per heavy atom. The summed E-state index contributed by atoms with van der Waals surface area (Å²) in [6, 6.07) is 0. The Morgan fingerprint density at radius 2 is 1.50 bits per heavy atom. The zero-order valence-electron chi connectivity index (χ0n) is 28.1. The van der Waals surface area contributed by atoms with Crippen molar-refractivity contribution in [2.75, 3.05) is 13.2 Å². The van der Waals surface area contributed by atoms with Gasteiger partial charge < -0.3 is 24.8 Å². The minimum absolute atomic E-state index is 0.0817. The van der Waals surface area contributed by atoms with Gasteiger partial charge in [-0.2, -0.15) is 0 Å². The number of aliphatic hydroxyl groups excluding tert-OH is 3. The lowest BCUT2D eigenvalue weighted by atomic mass is 9.88. The number of ketones is 1. The van der Waals surface area contributed by atoms with Gasteiger partial charge in [0.05, 0.1) is 18.8 Å². The molecule has 0 radical (unpaired) electrons. The highest BCUT2D eigenvalue weighted by Crippen LogP contribution is 2.34. The van der Waals surface area contributed by atoms with Crippen LogP contribution in [0, 0.1) is 17.8 Å². The Kier molecular flexibility index (Phi) is 23.3. The van der Waals surface area contributed by atoms with Crippen molar-refractivity contribution >= 4 is 17.7 Å². The SMILES string of the molecule is CCCCC[C@H](O)/C=C/[C@H]1[C@H](O)CC(=O)[C@@H]1CCCCCCC(=O)OC[C@H](CO)OC(=O)CCCCCCCCC(C)CC. The van der Waals surface area contributed by atoms with Crippen LogP contribution < -0.4 is 0 Å². The molecule has 0 heterocycles. The van der Waals surface area contributed by atoms with E-state index in [-0.39, 0.29) is 49.0 Å². The van der Waals surface area contributed by atoms with Gasteiger partial charge >= 0.3 is 11.9 Å². The van der Waals surface area contributed by atoms with Gasteiger partial charge in [-0.15, -0.1) is 0 Å². The fourth-order valence-corrected chi connectivity index (χ4v) is 5.84. The lowest BCUT2D eigenvalue weighted by molar-refractivity contribution is -0.161. The molecular formula is C36H64O8. The van der Waals surface area contributed by atoms with Crippen LogP contribution in [-0.2, 0) is 23.9 Å². The van der Waals surface area contributed by atoms with Crippen LogP contribution in [0.3, 0.4) is 0 Å². The van der Waals surface area contributed by atoms with Gasteiger partial charge in [-0.3, -0.25) is 14.4 Å². The summed E-state index contributed by atoms with van der Waals surface area (Å²) in [5.41, 5.74) is 0. The average molecular weight is 625 g/mol. The Labute approximate surface area is 267 Å². The number of carbonyl (C=O) groups excluding carboxylic acids is 3. The molecule has 0 aromatic rings. The molecule has 0 saturated heterocycles. The molecule has 1 aliphatic carbocycles. The van der Waals surface area contributed by atoms with E-state index >= 15 is 0 Å². The van der Waals surface area contributed by atoms with Crippen molar-refractivity contribution in [1.29, 1.82) is 0 Å². The number of unbranched alkanes of at least 4 members (excludes halogenated alkanes) is 10. The van der Waals surface area contributed by atoms with Crippen molar-refractivity contribution in [1.82, 2.24) is 0 Å². The monoisotopic (exact) mass is 624 g/mol. The number of carbonyl (C=O) groups is 3. The van der Waals surface area contributed by atoms with Gasteiger partial charge in [0.15, 0.2) is 6.10 Å². The number of Topliss-reactive ketones (excluding diaryl/α,β-unsaturated/α-hetero) is 1. The number of hydrogen-bond donors (Lipinski definition) is 3. The summed E-state index contributed by atoms with van der Waals surface area (Å²) in [5, 5.41) is 30.1.